The first kappa shape index (κ1) is 26.8. The lowest BCUT2D eigenvalue weighted by molar-refractivity contribution is -0.274. The van der Waals surface area contributed by atoms with E-state index in [-0.39, 0.29) is 17.3 Å². The molecule has 0 spiro atoms. The second kappa shape index (κ2) is 11.7. The summed E-state index contributed by atoms with van der Waals surface area (Å²) in [5.74, 6) is 0.230. The van der Waals surface area contributed by atoms with Crippen molar-refractivity contribution in [1.29, 1.82) is 0 Å². The molecule has 0 aliphatic carbocycles. The highest BCUT2D eigenvalue weighted by atomic mass is 19.4. The number of carbonyl (C=O) groups is 1. The van der Waals surface area contributed by atoms with Gasteiger partial charge in [0, 0.05) is 24.6 Å². The molecule has 2 aromatic carbocycles. The van der Waals surface area contributed by atoms with Crippen LogP contribution in [0.1, 0.15) is 19.4 Å². The number of carbonyl (C=O) groups excluding carboxylic acids is 1. The minimum Gasteiger partial charge on any atom is -0.437 e. The number of amides is 2. The molecule has 0 aliphatic rings. The standard InChI is InChI=1S/C25H26F3N3O5/c1-24(2,34-16-15-33-3)19-7-4-5-9-21(19)35-22-20(8-6-14-29-22)31-23(32)30-17-10-12-18(13-11-17)36-25(26,27)28/h4-14H,15-16H2,1-3H3,(H2,30,31,32). The number of rotatable bonds is 10. The zero-order chi connectivity index (χ0) is 26.2. The van der Waals surface area contributed by atoms with Gasteiger partial charge in [-0.05, 0) is 56.3 Å². The van der Waals surface area contributed by atoms with Gasteiger partial charge in [0.2, 0.25) is 5.88 Å². The molecule has 36 heavy (non-hydrogen) atoms. The van der Waals surface area contributed by atoms with Gasteiger partial charge in [-0.3, -0.25) is 0 Å². The van der Waals surface area contributed by atoms with Crippen molar-refractivity contribution >= 4 is 17.4 Å². The molecule has 192 valence electrons. The second-order valence-electron chi connectivity index (χ2n) is 7.96. The lowest BCUT2D eigenvalue weighted by Crippen LogP contribution is -2.24. The maximum Gasteiger partial charge on any atom is 0.573 e. The number of para-hydroxylation sites is 1. The Morgan fingerprint density at radius 2 is 1.67 bits per heavy atom. The quantitative estimate of drug-likeness (QED) is 0.314. The van der Waals surface area contributed by atoms with Crippen LogP contribution in [0.25, 0.3) is 0 Å². The molecule has 3 rings (SSSR count). The molecule has 0 bridgehead atoms. The Balaban J connectivity index is 1.71. The van der Waals surface area contributed by atoms with E-state index in [9.17, 15) is 18.0 Å². The highest BCUT2D eigenvalue weighted by Gasteiger charge is 2.31. The molecule has 3 aromatic rings. The third-order valence-corrected chi connectivity index (χ3v) is 4.86. The predicted octanol–water partition coefficient (Wildman–Crippen LogP) is 6.31. The van der Waals surface area contributed by atoms with E-state index in [4.69, 9.17) is 14.2 Å². The third-order valence-electron chi connectivity index (χ3n) is 4.86. The molecule has 11 heteroatoms. The van der Waals surface area contributed by atoms with Crippen LogP contribution in [0.5, 0.6) is 17.4 Å². The number of halogens is 3. The van der Waals surface area contributed by atoms with Crippen molar-refractivity contribution in [2.75, 3.05) is 31.0 Å². The van der Waals surface area contributed by atoms with Crippen LogP contribution in [-0.2, 0) is 15.1 Å². The van der Waals surface area contributed by atoms with E-state index >= 15 is 0 Å². The van der Waals surface area contributed by atoms with Gasteiger partial charge in [-0.25, -0.2) is 9.78 Å². The number of anilines is 2. The maximum absolute atomic E-state index is 12.5. The Bertz CT molecular complexity index is 1150. The number of methoxy groups -OCH3 is 1. The van der Waals surface area contributed by atoms with Crippen LogP contribution in [0.2, 0.25) is 0 Å². The average molecular weight is 505 g/mol. The molecular weight excluding hydrogens is 479 g/mol. The van der Waals surface area contributed by atoms with Crippen LogP contribution in [0.4, 0.5) is 29.3 Å². The minimum absolute atomic E-state index is 0.140. The highest BCUT2D eigenvalue weighted by molar-refractivity contribution is 6.00. The van der Waals surface area contributed by atoms with Gasteiger partial charge < -0.3 is 29.6 Å². The van der Waals surface area contributed by atoms with Crippen LogP contribution >= 0.6 is 0 Å². The third kappa shape index (κ3) is 7.85. The molecule has 2 N–H and O–H groups in total. The monoisotopic (exact) mass is 505 g/mol. The fourth-order valence-corrected chi connectivity index (χ4v) is 3.21. The number of nitrogens with one attached hydrogen (secondary N) is 2. The van der Waals surface area contributed by atoms with Crippen LogP contribution in [0.3, 0.4) is 0 Å². The molecule has 0 radical (unpaired) electrons. The Hall–Kier alpha value is -3.83. The molecule has 1 heterocycles. The van der Waals surface area contributed by atoms with Crippen molar-refractivity contribution in [3.05, 3.63) is 72.4 Å². The van der Waals surface area contributed by atoms with E-state index in [0.717, 1.165) is 17.7 Å². The van der Waals surface area contributed by atoms with Crippen molar-refractivity contribution in [3.8, 4) is 17.4 Å². The molecule has 0 aliphatic heterocycles. The van der Waals surface area contributed by atoms with E-state index in [1.54, 1.807) is 31.4 Å². The lowest BCUT2D eigenvalue weighted by atomic mass is 9.97. The van der Waals surface area contributed by atoms with Gasteiger partial charge in [-0.1, -0.05) is 18.2 Å². The van der Waals surface area contributed by atoms with Crippen molar-refractivity contribution in [2.45, 2.75) is 25.8 Å². The number of nitrogens with zero attached hydrogens (tertiary/aromatic N) is 1. The summed E-state index contributed by atoms with van der Waals surface area (Å²) in [5.41, 5.74) is 0.605. The molecule has 0 atom stereocenters. The van der Waals surface area contributed by atoms with E-state index in [1.165, 1.54) is 18.3 Å². The van der Waals surface area contributed by atoms with Gasteiger partial charge in [0.15, 0.2) is 0 Å². The van der Waals surface area contributed by atoms with Crippen LogP contribution in [0, 0.1) is 0 Å². The molecule has 8 nitrogen and oxygen atoms in total. The summed E-state index contributed by atoms with van der Waals surface area (Å²) in [6.45, 7) is 4.63. The number of pyridine rings is 1. The van der Waals surface area contributed by atoms with E-state index in [0.29, 0.717) is 19.0 Å². The number of alkyl halides is 3. The predicted molar refractivity (Wildman–Crippen MR) is 127 cm³/mol. The summed E-state index contributed by atoms with van der Waals surface area (Å²) in [4.78, 5) is 16.8. The molecule has 0 saturated heterocycles. The summed E-state index contributed by atoms with van der Waals surface area (Å²) < 4.78 is 57.8. The normalized spacial score (nSPS) is 11.6. The topological polar surface area (TPSA) is 90.9 Å². The summed E-state index contributed by atoms with van der Waals surface area (Å²) in [6.07, 6.45) is -3.28. The number of hydrogen-bond donors (Lipinski definition) is 2. The maximum atomic E-state index is 12.5. The Morgan fingerprint density at radius 1 is 0.944 bits per heavy atom. The molecular formula is C25H26F3N3O5. The summed E-state index contributed by atoms with van der Waals surface area (Å²) in [7, 11) is 1.59. The van der Waals surface area contributed by atoms with Crippen molar-refractivity contribution in [1.82, 2.24) is 4.98 Å². The van der Waals surface area contributed by atoms with Gasteiger partial charge in [-0.15, -0.1) is 13.2 Å². The van der Waals surface area contributed by atoms with Gasteiger partial charge in [0.05, 0.1) is 18.8 Å². The number of hydrogen-bond acceptors (Lipinski definition) is 6. The summed E-state index contributed by atoms with van der Waals surface area (Å²) >= 11 is 0. The van der Waals surface area contributed by atoms with E-state index in [2.05, 4.69) is 20.4 Å². The van der Waals surface area contributed by atoms with Gasteiger partial charge in [-0.2, -0.15) is 0 Å². The highest BCUT2D eigenvalue weighted by Crippen LogP contribution is 2.36. The molecule has 0 unspecified atom stereocenters. The molecule has 0 fully saturated rings. The first-order valence-corrected chi connectivity index (χ1v) is 10.9. The fraction of sp³-hybridized carbons (Fsp3) is 0.280. The minimum atomic E-state index is -4.80. The Kier molecular flexibility index (Phi) is 8.73. The van der Waals surface area contributed by atoms with Crippen LogP contribution < -0.4 is 20.1 Å². The first-order valence-electron chi connectivity index (χ1n) is 10.9. The second-order valence-corrected chi connectivity index (χ2v) is 7.96. The zero-order valence-corrected chi connectivity index (χ0v) is 19.9. The Morgan fingerprint density at radius 3 is 2.36 bits per heavy atom. The first-order chi connectivity index (χ1) is 17.1. The van der Waals surface area contributed by atoms with Crippen molar-refractivity contribution in [2.24, 2.45) is 0 Å². The van der Waals surface area contributed by atoms with Gasteiger partial charge in [0.25, 0.3) is 0 Å². The fourth-order valence-electron chi connectivity index (χ4n) is 3.21. The average Bonchev–Trinajstić information content (AvgIpc) is 2.81. The van der Waals surface area contributed by atoms with Crippen molar-refractivity contribution < 1.29 is 36.9 Å². The summed E-state index contributed by atoms with van der Waals surface area (Å²) in [6, 6.07) is 14.6. The van der Waals surface area contributed by atoms with E-state index in [1.807, 2.05) is 26.0 Å². The van der Waals surface area contributed by atoms with Crippen molar-refractivity contribution in [3.63, 3.8) is 0 Å². The summed E-state index contributed by atoms with van der Waals surface area (Å²) in [5, 5.41) is 5.17. The smallest absolute Gasteiger partial charge is 0.437 e. The lowest BCUT2D eigenvalue weighted by Gasteiger charge is -2.28. The number of urea groups is 1. The number of aromatic nitrogens is 1. The SMILES string of the molecule is COCCOC(C)(C)c1ccccc1Oc1ncccc1NC(=O)Nc1ccc(OC(F)(F)F)cc1. The van der Waals surface area contributed by atoms with Gasteiger partial charge >= 0.3 is 12.4 Å². The van der Waals surface area contributed by atoms with Gasteiger partial charge in [0.1, 0.15) is 17.2 Å². The van der Waals surface area contributed by atoms with Crippen LogP contribution in [0.15, 0.2) is 66.9 Å². The number of ether oxygens (including phenoxy) is 4. The Labute approximate surface area is 206 Å². The largest absolute Gasteiger partial charge is 0.573 e. The molecule has 2 amide bonds. The van der Waals surface area contributed by atoms with E-state index < -0.39 is 23.7 Å². The van der Waals surface area contributed by atoms with Crippen LogP contribution in [-0.4, -0.2) is 37.7 Å². The number of benzene rings is 2. The molecule has 1 aromatic heterocycles. The zero-order valence-electron chi connectivity index (χ0n) is 19.9. The molecule has 0 saturated carbocycles.